The van der Waals surface area contributed by atoms with E-state index in [2.05, 4.69) is 28.9 Å². The van der Waals surface area contributed by atoms with Crippen LogP contribution >= 0.6 is 23.4 Å². The van der Waals surface area contributed by atoms with Gasteiger partial charge >= 0.3 is 0 Å². The predicted octanol–water partition coefficient (Wildman–Crippen LogP) is 5.14. The first-order chi connectivity index (χ1) is 10.3. The van der Waals surface area contributed by atoms with Crippen molar-refractivity contribution in [2.75, 3.05) is 5.75 Å². The van der Waals surface area contributed by atoms with E-state index in [4.69, 9.17) is 11.6 Å². The Bertz CT molecular complexity index is 787. The lowest BCUT2D eigenvalue weighted by molar-refractivity contribution is 0.962. The first-order valence-corrected chi connectivity index (χ1v) is 7.89. The zero-order chi connectivity index (χ0) is 14.7. The van der Waals surface area contributed by atoms with Gasteiger partial charge in [0.1, 0.15) is 10.7 Å². The van der Waals surface area contributed by atoms with Gasteiger partial charge in [0.25, 0.3) is 0 Å². The fourth-order valence-corrected chi connectivity index (χ4v) is 3.03. The second-order valence-corrected chi connectivity index (χ2v) is 6.07. The number of benzene rings is 2. The van der Waals surface area contributed by atoms with E-state index in [0.29, 0.717) is 10.8 Å². The second-order valence-electron chi connectivity index (χ2n) is 4.57. The minimum Gasteiger partial charge on any atom is -0.149 e. The lowest BCUT2D eigenvalue weighted by Crippen LogP contribution is -1.94. The van der Waals surface area contributed by atoms with Crippen LogP contribution in [-0.2, 0) is 0 Å². The van der Waals surface area contributed by atoms with E-state index in [9.17, 15) is 0 Å². The number of halogens is 1. The van der Waals surface area contributed by atoms with Crippen LogP contribution in [0, 0.1) is 0 Å². The van der Waals surface area contributed by atoms with Crippen LogP contribution in [0.4, 0.5) is 0 Å². The van der Waals surface area contributed by atoms with Gasteiger partial charge in [0, 0.05) is 27.1 Å². The molecule has 3 aromatic rings. The maximum Gasteiger partial charge on any atom is 0.127 e. The largest absolute Gasteiger partial charge is 0.149 e. The quantitative estimate of drug-likeness (QED) is 0.624. The van der Waals surface area contributed by atoms with Crippen LogP contribution < -0.4 is 0 Å². The Morgan fingerprint density at radius 1 is 0.952 bits per heavy atom. The van der Waals surface area contributed by atoms with Crippen LogP contribution in [0.3, 0.4) is 0 Å². The summed E-state index contributed by atoms with van der Waals surface area (Å²) in [5.41, 5.74) is 1.97. The van der Waals surface area contributed by atoms with Crippen LogP contribution in [0.15, 0.2) is 71.2 Å². The van der Waals surface area contributed by atoms with Crippen molar-refractivity contribution in [3.05, 3.63) is 66.2 Å². The van der Waals surface area contributed by atoms with Gasteiger partial charge in [-0.15, -0.1) is 10.2 Å². The van der Waals surface area contributed by atoms with Crippen LogP contribution in [0.5, 0.6) is 0 Å². The highest BCUT2D eigenvalue weighted by atomic mass is 35.5. The summed E-state index contributed by atoms with van der Waals surface area (Å²) in [6.45, 7) is 3.71. The van der Waals surface area contributed by atoms with Gasteiger partial charge in [0.15, 0.2) is 0 Å². The molecule has 0 saturated carbocycles. The highest BCUT2D eigenvalue weighted by Gasteiger charge is 2.10. The first kappa shape index (κ1) is 14.1. The van der Waals surface area contributed by atoms with Gasteiger partial charge < -0.3 is 0 Å². The summed E-state index contributed by atoms with van der Waals surface area (Å²) in [6, 6.07) is 18.3. The molecule has 1 aromatic heterocycles. The molecule has 0 unspecified atom stereocenters. The summed E-state index contributed by atoms with van der Waals surface area (Å²) < 4.78 is 0. The monoisotopic (exact) mass is 312 g/mol. The Balaban J connectivity index is 2.13. The molecule has 2 nitrogen and oxygen atoms in total. The molecule has 1 heterocycles. The summed E-state index contributed by atoms with van der Waals surface area (Å²) in [5.74, 6) is 0.630. The third-order valence-electron chi connectivity index (χ3n) is 3.07. The Labute approximate surface area is 132 Å². The third-order valence-corrected chi connectivity index (χ3v) is 4.43. The molecule has 0 aliphatic rings. The van der Waals surface area contributed by atoms with Crippen molar-refractivity contribution in [2.45, 2.75) is 5.03 Å². The smallest absolute Gasteiger partial charge is 0.127 e. The van der Waals surface area contributed by atoms with Crippen molar-refractivity contribution in [1.82, 2.24) is 10.2 Å². The molecule has 0 radical (unpaired) electrons. The molecule has 0 spiro atoms. The van der Waals surface area contributed by atoms with E-state index in [-0.39, 0.29) is 0 Å². The number of aromatic nitrogens is 2. The van der Waals surface area contributed by atoms with E-state index in [1.165, 1.54) is 0 Å². The topological polar surface area (TPSA) is 25.8 Å². The van der Waals surface area contributed by atoms with Crippen molar-refractivity contribution in [1.29, 1.82) is 0 Å². The Hall–Kier alpha value is -1.84. The zero-order valence-electron chi connectivity index (χ0n) is 11.3. The van der Waals surface area contributed by atoms with Gasteiger partial charge in [-0.25, -0.2) is 0 Å². The van der Waals surface area contributed by atoms with Gasteiger partial charge in [-0.05, 0) is 0 Å². The van der Waals surface area contributed by atoms with Crippen molar-refractivity contribution in [3.8, 4) is 11.3 Å². The summed E-state index contributed by atoms with van der Waals surface area (Å²) in [7, 11) is 0. The first-order valence-electron chi connectivity index (χ1n) is 6.52. The van der Waals surface area contributed by atoms with Crippen LogP contribution in [0.2, 0.25) is 0 Å². The van der Waals surface area contributed by atoms with Crippen molar-refractivity contribution >= 4 is 34.1 Å². The summed E-state index contributed by atoms with van der Waals surface area (Å²) in [6.07, 6.45) is 0. The molecule has 0 saturated heterocycles. The lowest BCUT2D eigenvalue weighted by atomic mass is 10.1. The molecule has 0 fully saturated rings. The van der Waals surface area contributed by atoms with Crippen LogP contribution in [0.1, 0.15) is 0 Å². The maximum absolute atomic E-state index is 5.84. The van der Waals surface area contributed by atoms with Crippen molar-refractivity contribution < 1.29 is 0 Å². The predicted molar refractivity (Wildman–Crippen MR) is 90.7 cm³/mol. The molecule has 2 aromatic carbocycles. The maximum atomic E-state index is 5.84. The lowest BCUT2D eigenvalue weighted by Gasteiger charge is -2.08. The molecule has 0 amide bonds. The molecular formula is C17H13ClN2S. The molecule has 0 N–H and O–H groups in total. The summed E-state index contributed by atoms with van der Waals surface area (Å²) in [4.78, 5) is 0. The second kappa shape index (κ2) is 6.29. The van der Waals surface area contributed by atoms with Gasteiger partial charge in [-0.1, -0.05) is 84.5 Å². The average Bonchev–Trinajstić information content (AvgIpc) is 2.53. The molecule has 104 valence electrons. The van der Waals surface area contributed by atoms with Gasteiger partial charge in [-0.2, -0.15) is 0 Å². The van der Waals surface area contributed by atoms with E-state index in [1.807, 2.05) is 42.5 Å². The standard InChI is InChI=1S/C17H13ClN2S/c1-12(18)11-21-17-15-10-6-5-9-14(15)16(19-20-17)13-7-3-2-4-8-13/h2-10H,1,11H2. The van der Waals surface area contributed by atoms with Crippen molar-refractivity contribution in [3.63, 3.8) is 0 Å². The Morgan fingerprint density at radius 3 is 2.33 bits per heavy atom. The van der Waals surface area contributed by atoms with E-state index >= 15 is 0 Å². The minimum atomic E-state index is 0.609. The normalized spacial score (nSPS) is 10.7. The zero-order valence-corrected chi connectivity index (χ0v) is 12.9. The highest BCUT2D eigenvalue weighted by Crippen LogP contribution is 2.32. The number of hydrogen-bond donors (Lipinski definition) is 0. The number of nitrogens with zero attached hydrogens (tertiary/aromatic N) is 2. The molecule has 0 aliphatic heterocycles. The number of hydrogen-bond acceptors (Lipinski definition) is 3. The molecule has 21 heavy (non-hydrogen) atoms. The number of thioether (sulfide) groups is 1. The van der Waals surface area contributed by atoms with Crippen molar-refractivity contribution in [2.24, 2.45) is 0 Å². The number of fused-ring (bicyclic) bond motifs is 1. The fraction of sp³-hybridized carbons (Fsp3) is 0.0588. The fourth-order valence-electron chi connectivity index (χ4n) is 2.14. The SMILES string of the molecule is C=C(Cl)CSc1nnc(-c2ccccc2)c2ccccc12. The van der Waals surface area contributed by atoms with E-state index < -0.39 is 0 Å². The average molecular weight is 313 g/mol. The van der Waals surface area contributed by atoms with E-state index in [0.717, 1.165) is 27.1 Å². The molecule has 0 aliphatic carbocycles. The van der Waals surface area contributed by atoms with Gasteiger partial charge in [-0.3, -0.25) is 0 Å². The molecule has 4 heteroatoms. The third kappa shape index (κ3) is 3.09. The summed E-state index contributed by atoms with van der Waals surface area (Å²) >= 11 is 7.40. The summed E-state index contributed by atoms with van der Waals surface area (Å²) in [5, 5.41) is 12.5. The molecule has 0 bridgehead atoms. The molecule has 3 rings (SSSR count). The van der Waals surface area contributed by atoms with Crippen LogP contribution in [-0.4, -0.2) is 16.0 Å². The van der Waals surface area contributed by atoms with Crippen LogP contribution in [0.25, 0.3) is 22.0 Å². The minimum absolute atomic E-state index is 0.609. The Kier molecular flexibility index (Phi) is 4.23. The molecule has 0 atom stereocenters. The highest BCUT2D eigenvalue weighted by molar-refractivity contribution is 7.99. The van der Waals surface area contributed by atoms with Gasteiger partial charge in [0.05, 0.1) is 0 Å². The molecular weight excluding hydrogens is 300 g/mol. The van der Waals surface area contributed by atoms with E-state index in [1.54, 1.807) is 11.8 Å². The number of rotatable bonds is 4. The Morgan fingerprint density at radius 2 is 1.62 bits per heavy atom. The van der Waals surface area contributed by atoms with Gasteiger partial charge in [0.2, 0.25) is 0 Å².